The molecule has 0 aromatic carbocycles. The van der Waals surface area contributed by atoms with Crippen molar-refractivity contribution in [2.75, 3.05) is 5.88 Å². The van der Waals surface area contributed by atoms with Crippen LogP contribution in [0.1, 0.15) is 25.7 Å². The van der Waals surface area contributed by atoms with E-state index in [0.717, 1.165) is 12.8 Å². The minimum Gasteiger partial charge on any atom is -0.299 e. The standard InChI is InChI=1S/C7H11ClO/c8-5-4-7(9)6-2-1-3-6/h6H,1-5H2. The van der Waals surface area contributed by atoms with Gasteiger partial charge in [-0.3, -0.25) is 4.79 Å². The lowest BCUT2D eigenvalue weighted by molar-refractivity contribution is -0.124. The van der Waals surface area contributed by atoms with Crippen molar-refractivity contribution in [2.24, 2.45) is 5.92 Å². The Bertz CT molecular complexity index is 107. The Labute approximate surface area is 60.4 Å². The van der Waals surface area contributed by atoms with Crippen LogP contribution in [0.4, 0.5) is 0 Å². The predicted octanol–water partition coefficient (Wildman–Crippen LogP) is 1.98. The molecule has 1 aliphatic carbocycles. The van der Waals surface area contributed by atoms with E-state index in [0.29, 0.717) is 24.0 Å². The third-order valence-electron chi connectivity index (χ3n) is 1.90. The Morgan fingerprint density at radius 1 is 1.56 bits per heavy atom. The number of hydrogen-bond donors (Lipinski definition) is 0. The molecule has 0 unspecified atom stereocenters. The van der Waals surface area contributed by atoms with Crippen molar-refractivity contribution in [3.8, 4) is 0 Å². The molecule has 0 bridgehead atoms. The molecule has 2 heteroatoms. The third kappa shape index (κ3) is 1.68. The van der Waals surface area contributed by atoms with E-state index in [9.17, 15) is 4.79 Å². The van der Waals surface area contributed by atoms with E-state index in [4.69, 9.17) is 11.6 Å². The molecule has 0 saturated heterocycles. The molecule has 1 rings (SSSR count). The van der Waals surface area contributed by atoms with Crippen LogP contribution in [-0.4, -0.2) is 11.7 Å². The van der Waals surface area contributed by atoms with Gasteiger partial charge in [0.25, 0.3) is 0 Å². The lowest BCUT2D eigenvalue weighted by Gasteiger charge is -2.23. The van der Waals surface area contributed by atoms with Crippen LogP contribution in [0, 0.1) is 5.92 Å². The topological polar surface area (TPSA) is 17.1 Å². The van der Waals surface area contributed by atoms with Gasteiger partial charge in [-0.2, -0.15) is 0 Å². The van der Waals surface area contributed by atoms with Gasteiger partial charge in [-0.1, -0.05) is 6.42 Å². The second-order valence-corrected chi connectivity index (χ2v) is 2.91. The fraction of sp³-hybridized carbons (Fsp3) is 0.857. The van der Waals surface area contributed by atoms with Gasteiger partial charge in [0.1, 0.15) is 5.78 Å². The maximum absolute atomic E-state index is 10.9. The summed E-state index contributed by atoms with van der Waals surface area (Å²) in [6.07, 6.45) is 4.02. The molecule has 1 fully saturated rings. The summed E-state index contributed by atoms with van der Waals surface area (Å²) in [5.74, 6) is 1.25. The monoisotopic (exact) mass is 146 g/mol. The number of carbonyl (C=O) groups excluding carboxylic acids is 1. The van der Waals surface area contributed by atoms with Crippen LogP contribution in [0.5, 0.6) is 0 Å². The van der Waals surface area contributed by atoms with E-state index < -0.39 is 0 Å². The fourth-order valence-corrected chi connectivity index (χ4v) is 1.21. The summed E-state index contributed by atoms with van der Waals surface area (Å²) in [6, 6.07) is 0. The number of halogens is 1. The van der Waals surface area contributed by atoms with Crippen LogP contribution < -0.4 is 0 Å². The van der Waals surface area contributed by atoms with E-state index in [-0.39, 0.29) is 0 Å². The predicted molar refractivity (Wildman–Crippen MR) is 37.7 cm³/mol. The fourth-order valence-electron chi connectivity index (χ4n) is 1.03. The van der Waals surface area contributed by atoms with Gasteiger partial charge >= 0.3 is 0 Å². The first-order chi connectivity index (χ1) is 4.34. The van der Waals surface area contributed by atoms with Gasteiger partial charge in [0.05, 0.1) is 0 Å². The number of Topliss-reactive ketones (excluding diaryl/α,β-unsaturated/α-hetero) is 1. The molecule has 0 spiro atoms. The van der Waals surface area contributed by atoms with Crippen molar-refractivity contribution < 1.29 is 4.79 Å². The van der Waals surface area contributed by atoms with E-state index in [1.54, 1.807) is 0 Å². The van der Waals surface area contributed by atoms with E-state index in [2.05, 4.69) is 0 Å². The van der Waals surface area contributed by atoms with Gasteiger partial charge in [0.2, 0.25) is 0 Å². The third-order valence-corrected chi connectivity index (χ3v) is 2.09. The Kier molecular flexibility index (Phi) is 2.52. The molecule has 9 heavy (non-hydrogen) atoms. The van der Waals surface area contributed by atoms with Crippen molar-refractivity contribution in [1.82, 2.24) is 0 Å². The molecule has 0 aromatic rings. The maximum atomic E-state index is 10.9. The summed E-state index contributed by atoms with van der Waals surface area (Å²) >= 11 is 5.40. The first-order valence-corrected chi connectivity index (χ1v) is 3.96. The highest BCUT2D eigenvalue weighted by molar-refractivity contribution is 6.19. The molecule has 1 aliphatic rings. The summed E-state index contributed by atoms with van der Waals surface area (Å²) < 4.78 is 0. The van der Waals surface area contributed by atoms with Gasteiger partial charge in [-0.15, -0.1) is 11.6 Å². The number of carbonyl (C=O) groups is 1. The molecular formula is C7H11ClO. The molecule has 0 radical (unpaired) electrons. The van der Waals surface area contributed by atoms with Crippen LogP contribution >= 0.6 is 11.6 Å². The Morgan fingerprint density at radius 3 is 2.56 bits per heavy atom. The van der Waals surface area contributed by atoms with Crippen LogP contribution in [0.25, 0.3) is 0 Å². The molecule has 1 saturated carbocycles. The first kappa shape index (κ1) is 7.07. The minimum atomic E-state index is 0.372. The zero-order chi connectivity index (χ0) is 6.69. The summed E-state index contributed by atoms with van der Waals surface area (Å²) in [7, 11) is 0. The number of hydrogen-bond acceptors (Lipinski definition) is 1. The molecule has 0 aliphatic heterocycles. The second kappa shape index (κ2) is 3.21. The van der Waals surface area contributed by atoms with Crippen molar-refractivity contribution in [1.29, 1.82) is 0 Å². The highest BCUT2D eigenvalue weighted by Crippen LogP contribution is 2.27. The minimum absolute atomic E-state index is 0.372. The number of alkyl halides is 1. The van der Waals surface area contributed by atoms with Gasteiger partial charge in [-0.25, -0.2) is 0 Å². The van der Waals surface area contributed by atoms with Crippen LogP contribution in [-0.2, 0) is 4.79 Å². The zero-order valence-electron chi connectivity index (χ0n) is 5.40. The smallest absolute Gasteiger partial charge is 0.137 e. The summed E-state index contributed by atoms with van der Waals surface area (Å²) in [6.45, 7) is 0. The summed E-state index contributed by atoms with van der Waals surface area (Å²) in [5.41, 5.74) is 0. The molecule has 0 heterocycles. The SMILES string of the molecule is O=C(CCCl)C1CCC1. The Morgan fingerprint density at radius 2 is 2.22 bits per heavy atom. The first-order valence-electron chi connectivity index (χ1n) is 3.43. The van der Waals surface area contributed by atoms with Crippen molar-refractivity contribution in [2.45, 2.75) is 25.7 Å². The quantitative estimate of drug-likeness (QED) is 0.557. The zero-order valence-corrected chi connectivity index (χ0v) is 6.16. The van der Waals surface area contributed by atoms with Crippen LogP contribution in [0.2, 0.25) is 0 Å². The molecule has 52 valence electrons. The Balaban J connectivity index is 2.16. The maximum Gasteiger partial charge on any atom is 0.137 e. The highest BCUT2D eigenvalue weighted by Gasteiger charge is 2.23. The largest absolute Gasteiger partial charge is 0.299 e. The number of ketones is 1. The lowest BCUT2D eigenvalue weighted by Crippen LogP contribution is -2.21. The van der Waals surface area contributed by atoms with E-state index in [1.165, 1.54) is 6.42 Å². The molecule has 1 nitrogen and oxygen atoms in total. The van der Waals surface area contributed by atoms with Crippen LogP contribution in [0.3, 0.4) is 0 Å². The molecule has 0 atom stereocenters. The number of rotatable bonds is 3. The van der Waals surface area contributed by atoms with E-state index >= 15 is 0 Å². The molecule has 0 amide bonds. The molecular weight excluding hydrogens is 136 g/mol. The highest BCUT2D eigenvalue weighted by atomic mass is 35.5. The van der Waals surface area contributed by atoms with Gasteiger partial charge < -0.3 is 0 Å². The molecule has 0 aromatic heterocycles. The Hall–Kier alpha value is -0.0400. The average molecular weight is 147 g/mol. The molecule has 0 N–H and O–H groups in total. The van der Waals surface area contributed by atoms with Crippen LogP contribution in [0.15, 0.2) is 0 Å². The summed E-state index contributed by atoms with van der Waals surface area (Å²) in [4.78, 5) is 10.9. The average Bonchev–Trinajstić information content (AvgIpc) is 1.60. The van der Waals surface area contributed by atoms with Gasteiger partial charge in [0, 0.05) is 18.2 Å². The van der Waals surface area contributed by atoms with Gasteiger partial charge in [0.15, 0.2) is 0 Å². The van der Waals surface area contributed by atoms with E-state index in [1.807, 2.05) is 0 Å². The van der Waals surface area contributed by atoms with Crippen molar-refractivity contribution in [3.63, 3.8) is 0 Å². The van der Waals surface area contributed by atoms with Crippen molar-refractivity contribution in [3.05, 3.63) is 0 Å². The summed E-state index contributed by atoms with van der Waals surface area (Å²) in [5, 5.41) is 0. The van der Waals surface area contributed by atoms with Gasteiger partial charge in [-0.05, 0) is 12.8 Å². The van der Waals surface area contributed by atoms with Crippen molar-refractivity contribution >= 4 is 17.4 Å². The lowest BCUT2D eigenvalue weighted by atomic mass is 9.81. The normalized spacial score (nSPS) is 19.2. The second-order valence-electron chi connectivity index (χ2n) is 2.53.